The first-order chi connectivity index (χ1) is 22.2. The minimum absolute atomic E-state index is 0.0540. The van der Waals surface area contributed by atoms with Crippen LogP contribution in [0.2, 0.25) is 0 Å². The second-order valence-electron chi connectivity index (χ2n) is 13.3. The second kappa shape index (κ2) is 12.4. The van der Waals surface area contributed by atoms with Crippen molar-refractivity contribution in [3.63, 3.8) is 0 Å². The maximum atomic E-state index is 13.1. The van der Waals surface area contributed by atoms with Crippen LogP contribution in [-0.2, 0) is 19.4 Å². The van der Waals surface area contributed by atoms with Crippen molar-refractivity contribution in [2.24, 2.45) is 5.92 Å². The number of pyridine rings is 1. The fraction of sp³-hybridized carbons (Fsp3) is 0.529. The van der Waals surface area contributed by atoms with Crippen LogP contribution >= 0.6 is 0 Å². The number of hydrogen-bond donors (Lipinski definition) is 1. The van der Waals surface area contributed by atoms with E-state index in [1.54, 1.807) is 6.20 Å². The number of carbonyl (C=O) groups excluding carboxylic acids is 1. The molecule has 1 amide bonds. The van der Waals surface area contributed by atoms with Gasteiger partial charge in [-0.15, -0.1) is 0 Å². The lowest BCUT2D eigenvalue weighted by Crippen LogP contribution is -2.57. The number of sulfone groups is 1. The van der Waals surface area contributed by atoms with E-state index in [9.17, 15) is 13.2 Å². The zero-order valence-electron chi connectivity index (χ0n) is 26.6. The third-order valence-electron chi connectivity index (χ3n) is 10.3. The predicted molar refractivity (Wildman–Crippen MR) is 180 cm³/mol. The van der Waals surface area contributed by atoms with Crippen LogP contribution < -0.4 is 15.1 Å². The molecule has 3 aromatic rings. The SMILES string of the molecule is C=CC(=O)N1CCCCC[C@H]1c1ccc(N2C[C@H](CS(C)(=O)=O)[C@H]2C)c2cnc(Nc3ccnc(N4CC[C@H]5C[C@@H]4CO5)n3)cc12. The summed E-state index contributed by atoms with van der Waals surface area (Å²) in [7, 11) is -3.07. The summed E-state index contributed by atoms with van der Waals surface area (Å²) in [5, 5.41) is 5.43. The monoisotopic (exact) mass is 645 g/mol. The fourth-order valence-electron chi connectivity index (χ4n) is 7.78. The van der Waals surface area contributed by atoms with Crippen molar-refractivity contribution >= 4 is 49.8 Å². The average Bonchev–Trinajstić information content (AvgIpc) is 3.24. The summed E-state index contributed by atoms with van der Waals surface area (Å²) in [6.07, 6.45) is 12.7. The molecule has 0 unspecified atom stereocenters. The highest BCUT2D eigenvalue weighted by Crippen LogP contribution is 2.42. The van der Waals surface area contributed by atoms with Crippen LogP contribution in [0.1, 0.15) is 57.1 Å². The zero-order valence-corrected chi connectivity index (χ0v) is 27.5. The van der Waals surface area contributed by atoms with E-state index in [0.29, 0.717) is 49.4 Å². The van der Waals surface area contributed by atoms with Crippen LogP contribution in [0.25, 0.3) is 10.8 Å². The Hall–Kier alpha value is -3.77. The van der Waals surface area contributed by atoms with E-state index in [1.807, 2.05) is 17.2 Å². The third-order valence-corrected chi connectivity index (χ3v) is 11.3. The molecule has 2 aromatic heterocycles. The quantitative estimate of drug-likeness (QED) is 0.347. The summed E-state index contributed by atoms with van der Waals surface area (Å²) in [6, 6.07) is 8.47. The average molecular weight is 646 g/mol. The molecule has 12 heteroatoms. The highest BCUT2D eigenvalue weighted by molar-refractivity contribution is 7.90. The summed E-state index contributed by atoms with van der Waals surface area (Å²) in [4.78, 5) is 33.8. The first-order valence-electron chi connectivity index (χ1n) is 16.5. The van der Waals surface area contributed by atoms with Gasteiger partial charge in [-0.25, -0.2) is 18.4 Å². The fourth-order valence-corrected chi connectivity index (χ4v) is 8.94. The van der Waals surface area contributed by atoms with Gasteiger partial charge in [0.05, 0.1) is 30.5 Å². The molecule has 11 nitrogen and oxygen atoms in total. The molecule has 46 heavy (non-hydrogen) atoms. The van der Waals surface area contributed by atoms with Crippen molar-refractivity contribution in [2.75, 3.05) is 53.4 Å². The van der Waals surface area contributed by atoms with Crippen LogP contribution in [-0.4, -0.2) is 90.6 Å². The van der Waals surface area contributed by atoms with E-state index < -0.39 is 9.84 Å². The molecule has 7 rings (SSSR count). The van der Waals surface area contributed by atoms with Gasteiger partial charge in [0.2, 0.25) is 11.9 Å². The first kappa shape index (κ1) is 30.9. The van der Waals surface area contributed by atoms with Gasteiger partial charge in [0.15, 0.2) is 0 Å². The highest BCUT2D eigenvalue weighted by atomic mass is 32.2. The van der Waals surface area contributed by atoms with Gasteiger partial charge in [0.25, 0.3) is 0 Å². The number of benzene rings is 1. The molecule has 0 saturated carbocycles. The molecule has 5 atom stereocenters. The van der Waals surface area contributed by atoms with Crippen LogP contribution in [0.3, 0.4) is 0 Å². The lowest BCUT2D eigenvalue weighted by atomic mass is 9.88. The predicted octanol–water partition coefficient (Wildman–Crippen LogP) is 4.64. The van der Waals surface area contributed by atoms with Crippen molar-refractivity contribution in [3.05, 3.63) is 54.9 Å². The van der Waals surface area contributed by atoms with Crippen LogP contribution in [0.4, 0.5) is 23.3 Å². The number of nitrogens with zero attached hydrogens (tertiary/aromatic N) is 6. The van der Waals surface area contributed by atoms with Crippen molar-refractivity contribution in [2.45, 2.75) is 69.7 Å². The Bertz CT molecular complexity index is 1750. The number of fused-ring (bicyclic) bond motifs is 3. The van der Waals surface area contributed by atoms with Gasteiger partial charge >= 0.3 is 0 Å². The Morgan fingerprint density at radius 3 is 2.76 bits per heavy atom. The van der Waals surface area contributed by atoms with Crippen LogP contribution in [0, 0.1) is 5.92 Å². The van der Waals surface area contributed by atoms with Crippen molar-refractivity contribution < 1.29 is 17.9 Å². The standard InChI is InChI=1S/C34H43N7O4S/c1-4-33(42)40-14-7-5-6-8-29(40)26-9-10-30(41-19-23(22(41)2)21-46(3,43)44)28-18-36-32(17-27(26)28)37-31-11-13-35-34(38-31)39-15-12-25-16-24(39)20-45-25/h4,9-11,13,17-18,22-25,29H,1,5-8,12,14-16,19-21H2,2-3H3,(H,35,36,37,38)/t22-,23-,24-,25+,29+/m1/s1. The number of nitrogens with one attached hydrogen (secondary N) is 1. The van der Waals surface area contributed by atoms with Crippen molar-refractivity contribution in [3.8, 4) is 0 Å². The van der Waals surface area contributed by atoms with E-state index in [4.69, 9.17) is 14.7 Å². The van der Waals surface area contributed by atoms with Crippen LogP contribution in [0.15, 0.2) is 49.3 Å². The lowest BCUT2D eigenvalue weighted by Gasteiger charge is -2.48. The number of hydrogen-bond acceptors (Lipinski definition) is 10. The lowest BCUT2D eigenvalue weighted by molar-refractivity contribution is -0.128. The van der Waals surface area contributed by atoms with E-state index in [0.717, 1.165) is 67.1 Å². The molecule has 1 aromatic carbocycles. The minimum Gasteiger partial charge on any atom is -0.376 e. The van der Waals surface area contributed by atoms with Crippen molar-refractivity contribution in [1.29, 1.82) is 0 Å². The minimum atomic E-state index is -3.07. The number of ether oxygens (including phenoxy) is 1. The molecule has 6 heterocycles. The number of piperidine rings is 1. The van der Waals surface area contributed by atoms with Gasteiger partial charge < -0.3 is 24.8 Å². The molecule has 2 bridgehead atoms. The van der Waals surface area contributed by atoms with Gasteiger partial charge in [-0.05, 0) is 67.8 Å². The molecule has 4 saturated heterocycles. The maximum Gasteiger partial charge on any atom is 0.246 e. The number of rotatable bonds is 8. The number of aromatic nitrogens is 3. The number of anilines is 4. The van der Waals surface area contributed by atoms with E-state index in [-0.39, 0.29) is 29.7 Å². The molecule has 0 aliphatic carbocycles. The molecule has 4 aliphatic rings. The first-order valence-corrected chi connectivity index (χ1v) is 18.5. The maximum absolute atomic E-state index is 13.1. The summed E-state index contributed by atoms with van der Waals surface area (Å²) in [5.41, 5.74) is 2.10. The molecule has 244 valence electrons. The van der Waals surface area contributed by atoms with Gasteiger partial charge in [-0.1, -0.05) is 25.5 Å². The summed E-state index contributed by atoms with van der Waals surface area (Å²) in [5.74, 6) is 2.21. The second-order valence-corrected chi connectivity index (χ2v) is 15.5. The van der Waals surface area contributed by atoms with Gasteiger partial charge in [0, 0.05) is 61.3 Å². The van der Waals surface area contributed by atoms with Gasteiger partial charge in [-0.2, -0.15) is 4.98 Å². The Morgan fingerprint density at radius 1 is 1.09 bits per heavy atom. The number of carbonyl (C=O) groups is 1. The summed E-state index contributed by atoms with van der Waals surface area (Å²) >= 11 is 0. The van der Waals surface area contributed by atoms with Gasteiger partial charge in [0.1, 0.15) is 21.5 Å². The Labute approximate surface area is 271 Å². The largest absolute Gasteiger partial charge is 0.376 e. The topological polar surface area (TPSA) is 121 Å². The highest BCUT2D eigenvalue weighted by Gasteiger charge is 2.39. The van der Waals surface area contributed by atoms with E-state index in [2.05, 4.69) is 51.8 Å². The molecular weight excluding hydrogens is 602 g/mol. The Morgan fingerprint density at radius 2 is 1.96 bits per heavy atom. The zero-order chi connectivity index (χ0) is 32.0. The number of likely N-dealkylation sites (tertiary alicyclic amines) is 1. The molecular formula is C34H43N7O4S. The Balaban J connectivity index is 1.25. The third kappa shape index (κ3) is 6.04. The molecule has 4 fully saturated rings. The normalized spacial score (nSPS) is 26.5. The smallest absolute Gasteiger partial charge is 0.246 e. The van der Waals surface area contributed by atoms with Gasteiger partial charge in [-0.3, -0.25) is 4.79 Å². The summed E-state index contributed by atoms with van der Waals surface area (Å²) < 4.78 is 30.0. The van der Waals surface area contributed by atoms with Crippen molar-refractivity contribution in [1.82, 2.24) is 19.9 Å². The summed E-state index contributed by atoms with van der Waals surface area (Å²) in [6.45, 7) is 8.82. The molecule has 0 radical (unpaired) electrons. The Kier molecular flexibility index (Phi) is 8.35. The molecule has 0 spiro atoms. The molecule has 4 aliphatic heterocycles. The molecule has 1 N–H and O–H groups in total. The van der Waals surface area contributed by atoms with Crippen LogP contribution in [0.5, 0.6) is 0 Å². The van der Waals surface area contributed by atoms with E-state index >= 15 is 0 Å². The number of amides is 1. The van der Waals surface area contributed by atoms with E-state index in [1.165, 1.54) is 12.3 Å².